The number of para-hydroxylation sites is 3. The molecule has 10 aromatic carbocycles. The van der Waals surface area contributed by atoms with E-state index in [1.165, 1.54) is 10.8 Å². The van der Waals surface area contributed by atoms with E-state index in [9.17, 15) is 0 Å². The van der Waals surface area contributed by atoms with E-state index in [0.717, 1.165) is 110 Å². The molecule has 340 valence electrons. The van der Waals surface area contributed by atoms with Crippen molar-refractivity contribution in [3.63, 3.8) is 0 Å². The van der Waals surface area contributed by atoms with Gasteiger partial charge in [0, 0.05) is 61.5 Å². The molecule has 0 spiro atoms. The van der Waals surface area contributed by atoms with E-state index in [4.69, 9.17) is 23.8 Å². The van der Waals surface area contributed by atoms with Gasteiger partial charge in [0.25, 0.3) is 0 Å². The molecule has 15 rings (SSSR count). The molecule has 5 heterocycles. The molecule has 0 atom stereocenters. The van der Waals surface area contributed by atoms with Gasteiger partial charge in [0.05, 0.1) is 16.6 Å². The van der Waals surface area contributed by atoms with Gasteiger partial charge in [-0.3, -0.25) is 4.98 Å². The minimum atomic E-state index is 0.481. The third-order valence-corrected chi connectivity index (χ3v) is 14.3. The lowest BCUT2D eigenvalue weighted by atomic mass is 9.95. The summed E-state index contributed by atoms with van der Waals surface area (Å²) < 4.78 is 15.0. The summed E-state index contributed by atoms with van der Waals surface area (Å²) >= 11 is 0. The van der Waals surface area contributed by atoms with Crippen LogP contribution in [0.15, 0.2) is 246 Å². The molecule has 0 saturated carbocycles. The maximum absolute atomic E-state index is 6.51. The molecule has 7 nitrogen and oxygen atoms in total. The Morgan fingerprint density at radius 2 is 0.890 bits per heavy atom. The molecule has 0 bridgehead atoms. The Bertz CT molecular complexity index is 4680. The molecule has 0 amide bonds. The standard InChI is InChI=1S/C66H39N5O2/c1-2-13-41(14-3-1)53-37-47(33-46-15-4-5-18-49(46)53)65-68-64(69-66(70-65)57-39-67-38-56-52-21-8-11-24-61(52)73-63(56)57)42-27-25-40(26-28-42)43-16-12-17-48(34-43)71-58-22-9-6-19-50(58)54-35-44(29-31-59(54)71)45-30-32-62-55(36-45)51-20-7-10-23-60(51)72-62/h1-39H. The van der Waals surface area contributed by atoms with Gasteiger partial charge in [-0.1, -0.05) is 158 Å². The molecule has 7 heteroatoms. The maximum Gasteiger partial charge on any atom is 0.169 e. The minimum absolute atomic E-state index is 0.481. The van der Waals surface area contributed by atoms with Gasteiger partial charge in [0.15, 0.2) is 17.5 Å². The first-order valence-electron chi connectivity index (χ1n) is 24.4. The molecule has 0 unspecified atom stereocenters. The van der Waals surface area contributed by atoms with Crippen LogP contribution in [0.1, 0.15) is 0 Å². The summed E-state index contributed by atoms with van der Waals surface area (Å²) in [7, 11) is 0. The molecule has 0 aliphatic rings. The minimum Gasteiger partial charge on any atom is -0.456 e. The number of rotatable bonds is 7. The number of benzene rings is 10. The summed E-state index contributed by atoms with van der Waals surface area (Å²) in [5.74, 6) is 1.58. The highest BCUT2D eigenvalue weighted by molar-refractivity contribution is 6.12. The highest BCUT2D eigenvalue weighted by atomic mass is 16.3. The lowest BCUT2D eigenvalue weighted by molar-refractivity contribution is 0.668. The summed E-state index contributed by atoms with van der Waals surface area (Å²) in [5.41, 5.74) is 15.8. The topological polar surface area (TPSA) is 82.8 Å². The second-order valence-electron chi connectivity index (χ2n) is 18.6. The Kier molecular flexibility index (Phi) is 9.13. The molecular formula is C66H39N5O2. The fourth-order valence-electron chi connectivity index (χ4n) is 10.8. The van der Waals surface area contributed by atoms with Crippen LogP contribution < -0.4 is 0 Å². The number of fused-ring (bicyclic) bond motifs is 10. The largest absolute Gasteiger partial charge is 0.456 e. The van der Waals surface area contributed by atoms with Crippen molar-refractivity contribution < 1.29 is 8.83 Å². The summed E-state index contributed by atoms with van der Waals surface area (Å²) in [6.07, 6.45) is 3.64. The van der Waals surface area contributed by atoms with Crippen molar-refractivity contribution in [2.24, 2.45) is 0 Å². The zero-order valence-electron chi connectivity index (χ0n) is 39.1. The molecule has 0 radical (unpaired) electrons. The Labute approximate surface area is 417 Å². The van der Waals surface area contributed by atoms with Crippen molar-refractivity contribution in [2.75, 3.05) is 0 Å². The average molecular weight is 934 g/mol. The van der Waals surface area contributed by atoms with E-state index in [1.54, 1.807) is 6.20 Å². The number of hydrogen-bond acceptors (Lipinski definition) is 6. The molecular weight excluding hydrogens is 895 g/mol. The van der Waals surface area contributed by atoms with Crippen LogP contribution >= 0.6 is 0 Å². The van der Waals surface area contributed by atoms with Crippen LogP contribution in [0.3, 0.4) is 0 Å². The highest BCUT2D eigenvalue weighted by Gasteiger charge is 2.21. The normalized spacial score (nSPS) is 11.8. The lowest BCUT2D eigenvalue weighted by Gasteiger charge is -2.13. The molecule has 0 N–H and O–H groups in total. The van der Waals surface area contributed by atoms with Crippen molar-refractivity contribution in [2.45, 2.75) is 0 Å². The lowest BCUT2D eigenvalue weighted by Crippen LogP contribution is -2.01. The summed E-state index contributed by atoms with van der Waals surface area (Å²) in [4.78, 5) is 20.3. The molecule has 5 aromatic heterocycles. The van der Waals surface area contributed by atoms with Crippen LogP contribution in [0.5, 0.6) is 0 Å². The van der Waals surface area contributed by atoms with Gasteiger partial charge in [-0.15, -0.1) is 0 Å². The smallest absolute Gasteiger partial charge is 0.169 e. The van der Waals surface area contributed by atoms with E-state index in [0.29, 0.717) is 28.6 Å². The fourth-order valence-corrected chi connectivity index (χ4v) is 10.8. The third-order valence-electron chi connectivity index (χ3n) is 14.3. The monoisotopic (exact) mass is 933 g/mol. The third kappa shape index (κ3) is 6.74. The van der Waals surface area contributed by atoms with Gasteiger partial charge in [0.1, 0.15) is 22.3 Å². The zero-order chi connectivity index (χ0) is 48.0. The van der Waals surface area contributed by atoms with E-state index in [2.05, 4.69) is 198 Å². The van der Waals surface area contributed by atoms with Gasteiger partial charge < -0.3 is 13.4 Å². The molecule has 0 aliphatic heterocycles. The van der Waals surface area contributed by atoms with E-state index >= 15 is 0 Å². The predicted molar refractivity (Wildman–Crippen MR) is 297 cm³/mol. The first-order valence-corrected chi connectivity index (χ1v) is 24.4. The number of pyridine rings is 1. The molecule has 0 fully saturated rings. The first-order chi connectivity index (χ1) is 36.1. The summed E-state index contributed by atoms with van der Waals surface area (Å²) in [6.45, 7) is 0. The van der Waals surface area contributed by atoms with E-state index < -0.39 is 0 Å². The predicted octanol–water partition coefficient (Wildman–Crippen LogP) is 17.3. The van der Waals surface area contributed by atoms with Crippen LogP contribution in [-0.2, 0) is 0 Å². The number of nitrogens with zero attached hydrogens (tertiary/aromatic N) is 5. The summed E-state index contributed by atoms with van der Waals surface area (Å²) in [5, 5.41) is 8.79. The van der Waals surface area contributed by atoms with Crippen LogP contribution in [0.4, 0.5) is 0 Å². The Morgan fingerprint density at radius 1 is 0.301 bits per heavy atom. The number of aromatic nitrogens is 5. The molecule has 73 heavy (non-hydrogen) atoms. The van der Waals surface area contributed by atoms with Crippen LogP contribution in [-0.4, -0.2) is 24.5 Å². The fraction of sp³-hybridized carbons (Fsp3) is 0. The second kappa shape index (κ2) is 16.3. The van der Waals surface area contributed by atoms with E-state index in [-0.39, 0.29) is 0 Å². The quantitative estimate of drug-likeness (QED) is 0.158. The van der Waals surface area contributed by atoms with Crippen molar-refractivity contribution in [1.29, 1.82) is 0 Å². The van der Waals surface area contributed by atoms with Gasteiger partial charge in [-0.05, 0) is 111 Å². The van der Waals surface area contributed by atoms with Gasteiger partial charge in [-0.2, -0.15) is 0 Å². The van der Waals surface area contributed by atoms with Crippen LogP contribution in [0.25, 0.3) is 150 Å². The van der Waals surface area contributed by atoms with Gasteiger partial charge in [0.2, 0.25) is 0 Å². The van der Waals surface area contributed by atoms with Crippen molar-refractivity contribution in [3.8, 4) is 73.2 Å². The molecule has 0 aliphatic carbocycles. The first kappa shape index (κ1) is 40.9. The van der Waals surface area contributed by atoms with Crippen molar-refractivity contribution >= 4 is 76.5 Å². The maximum atomic E-state index is 6.51. The SMILES string of the molecule is c1ccc(-c2cc(-c3nc(-c4ccc(-c5cccc(-n6c7ccccc7c7cc(-c8ccc9oc%10ccccc%10c9c8)ccc76)c5)cc4)nc(-c4cncc5c4oc4ccccc45)n3)cc3ccccc23)cc1. The Hall–Kier alpha value is -9.98. The number of hydrogen-bond donors (Lipinski definition) is 0. The Balaban J connectivity index is 0.829. The number of furan rings is 2. The molecule has 0 saturated heterocycles. The second-order valence-corrected chi connectivity index (χ2v) is 18.6. The molecule has 15 aromatic rings. The highest BCUT2D eigenvalue weighted by Crippen LogP contribution is 2.40. The van der Waals surface area contributed by atoms with Crippen LogP contribution in [0, 0.1) is 0 Å². The van der Waals surface area contributed by atoms with Crippen LogP contribution in [0.2, 0.25) is 0 Å². The van der Waals surface area contributed by atoms with Gasteiger partial charge in [-0.25, -0.2) is 15.0 Å². The van der Waals surface area contributed by atoms with E-state index in [1.807, 2.05) is 42.6 Å². The average Bonchev–Trinajstić information content (AvgIpc) is 4.14. The Morgan fingerprint density at radius 3 is 1.73 bits per heavy atom. The summed E-state index contributed by atoms with van der Waals surface area (Å²) in [6, 6.07) is 78.8. The van der Waals surface area contributed by atoms with Gasteiger partial charge >= 0.3 is 0 Å². The zero-order valence-corrected chi connectivity index (χ0v) is 39.1. The van der Waals surface area contributed by atoms with Crippen molar-refractivity contribution in [3.05, 3.63) is 237 Å². The van der Waals surface area contributed by atoms with Crippen molar-refractivity contribution in [1.82, 2.24) is 24.5 Å².